The summed E-state index contributed by atoms with van der Waals surface area (Å²) < 4.78 is 5.48. The highest BCUT2D eigenvalue weighted by Gasteiger charge is 2.19. The molecular weight excluding hydrogens is 384 g/mol. The summed E-state index contributed by atoms with van der Waals surface area (Å²) in [6.45, 7) is 8.51. The lowest BCUT2D eigenvalue weighted by Crippen LogP contribution is -2.28. The highest BCUT2D eigenvalue weighted by molar-refractivity contribution is 6.71. The maximum absolute atomic E-state index is 11.7. The molecule has 0 fully saturated rings. The van der Waals surface area contributed by atoms with E-state index in [-0.39, 0.29) is 5.97 Å². The lowest BCUT2D eigenvalue weighted by molar-refractivity contribution is -0.135. The van der Waals surface area contributed by atoms with Crippen LogP contribution in [0.25, 0.3) is 0 Å². The number of rotatable bonds is 23. The molecule has 0 bridgehead atoms. The molecule has 0 unspecified atom stereocenters. The van der Waals surface area contributed by atoms with E-state index in [1.807, 2.05) is 0 Å². The quantitative estimate of drug-likeness (QED) is 0.117. The summed E-state index contributed by atoms with van der Waals surface area (Å²) in [7, 11) is -1.69. The summed E-state index contributed by atoms with van der Waals surface area (Å²) in [6, 6.07) is 0. The van der Waals surface area contributed by atoms with Gasteiger partial charge in [0.05, 0.1) is 0 Å². The molecule has 0 aliphatic heterocycles. The van der Waals surface area contributed by atoms with Gasteiger partial charge in [-0.25, -0.2) is 0 Å². The van der Waals surface area contributed by atoms with Crippen molar-refractivity contribution in [3.05, 3.63) is 0 Å². The lowest BCUT2D eigenvalue weighted by Gasteiger charge is -2.17. The average Bonchev–Trinajstić information content (AvgIpc) is 2.68. The van der Waals surface area contributed by atoms with E-state index in [4.69, 9.17) is 4.43 Å². The van der Waals surface area contributed by atoms with Gasteiger partial charge < -0.3 is 4.43 Å². The van der Waals surface area contributed by atoms with Crippen molar-refractivity contribution in [2.75, 3.05) is 0 Å². The summed E-state index contributed by atoms with van der Waals surface area (Å²) in [4.78, 5) is 11.7. The molecule has 0 saturated carbocycles. The number of hydrogen-bond acceptors (Lipinski definition) is 2. The van der Waals surface area contributed by atoms with Crippen LogP contribution >= 0.6 is 0 Å². The molecule has 0 rings (SSSR count). The third-order valence-corrected chi connectivity index (χ3v) is 6.74. The van der Waals surface area contributed by atoms with Gasteiger partial charge in [0.15, 0.2) is 0 Å². The molecule has 0 radical (unpaired) electrons. The fraction of sp³-hybridized carbons (Fsp3) is 0.963. The number of unbranched alkanes of at least 4 members (excludes halogenated alkanes) is 20. The van der Waals surface area contributed by atoms with Gasteiger partial charge in [-0.05, 0) is 26.1 Å². The molecule has 0 aromatic heterocycles. The Labute approximate surface area is 191 Å². The first-order valence-electron chi connectivity index (χ1n) is 13.7. The molecular formula is C27H56O2Si. The SMILES string of the molecule is CCCCCCCCCCCCCCCCCCCCCCCC(=O)O[Si](C)(C)C. The van der Waals surface area contributed by atoms with Crippen molar-refractivity contribution in [3.63, 3.8) is 0 Å². The zero-order chi connectivity index (χ0) is 22.3. The first-order chi connectivity index (χ1) is 14.5. The summed E-state index contributed by atoms with van der Waals surface area (Å²) in [6.07, 6.45) is 29.9. The summed E-state index contributed by atoms with van der Waals surface area (Å²) in [5.41, 5.74) is 0. The summed E-state index contributed by atoms with van der Waals surface area (Å²) in [5, 5.41) is 0. The Kier molecular flexibility index (Phi) is 21.7. The molecule has 0 N–H and O–H groups in total. The van der Waals surface area contributed by atoms with Gasteiger partial charge in [-0.3, -0.25) is 4.79 Å². The predicted octanol–water partition coefficient (Wildman–Crippen LogP) is 9.97. The van der Waals surface area contributed by atoms with Gasteiger partial charge in [-0.2, -0.15) is 0 Å². The maximum atomic E-state index is 11.7. The van der Waals surface area contributed by atoms with Crippen LogP contribution < -0.4 is 0 Å². The van der Waals surface area contributed by atoms with Crippen molar-refractivity contribution in [2.45, 2.75) is 168 Å². The van der Waals surface area contributed by atoms with E-state index in [1.165, 1.54) is 128 Å². The maximum Gasteiger partial charge on any atom is 0.292 e. The van der Waals surface area contributed by atoms with Crippen LogP contribution in [0.5, 0.6) is 0 Å². The van der Waals surface area contributed by atoms with Crippen molar-refractivity contribution in [1.29, 1.82) is 0 Å². The molecule has 0 amide bonds. The Balaban J connectivity index is 3.11. The Morgan fingerprint density at radius 1 is 0.500 bits per heavy atom. The largest absolute Gasteiger partial charge is 0.520 e. The highest BCUT2D eigenvalue weighted by Crippen LogP contribution is 2.15. The van der Waals surface area contributed by atoms with Gasteiger partial charge in [0.2, 0.25) is 8.32 Å². The molecule has 0 aliphatic carbocycles. The fourth-order valence-electron chi connectivity index (χ4n) is 4.09. The van der Waals surface area contributed by atoms with E-state index < -0.39 is 8.32 Å². The first kappa shape index (κ1) is 29.7. The monoisotopic (exact) mass is 440 g/mol. The second-order valence-electron chi connectivity index (χ2n) is 10.4. The zero-order valence-corrected chi connectivity index (χ0v) is 22.4. The minimum atomic E-state index is -1.69. The van der Waals surface area contributed by atoms with E-state index in [0.29, 0.717) is 6.42 Å². The van der Waals surface area contributed by atoms with Crippen LogP contribution in [0.3, 0.4) is 0 Å². The Hall–Kier alpha value is -0.313. The van der Waals surface area contributed by atoms with Crippen molar-refractivity contribution < 1.29 is 9.22 Å². The van der Waals surface area contributed by atoms with Crippen LogP contribution in [0.15, 0.2) is 0 Å². The third-order valence-electron chi connectivity index (χ3n) is 5.90. The van der Waals surface area contributed by atoms with Crippen LogP contribution in [-0.4, -0.2) is 14.3 Å². The molecule has 180 valence electrons. The molecule has 0 spiro atoms. The van der Waals surface area contributed by atoms with Gasteiger partial charge in [0.1, 0.15) is 0 Å². The topological polar surface area (TPSA) is 26.3 Å². The molecule has 0 aromatic carbocycles. The van der Waals surface area contributed by atoms with Crippen LogP contribution in [0.1, 0.15) is 148 Å². The van der Waals surface area contributed by atoms with E-state index in [1.54, 1.807) is 0 Å². The number of carbonyl (C=O) groups excluding carboxylic acids is 1. The van der Waals surface area contributed by atoms with Crippen molar-refractivity contribution in [2.24, 2.45) is 0 Å². The van der Waals surface area contributed by atoms with Gasteiger partial charge in [-0.1, -0.05) is 135 Å². The second kappa shape index (κ2) is 21.9. The highest BCUT2D eigenvalue weighted by atomic mass is 28.4. The minimum Gasteiger partial charge on any atom is -0.520 e. The fourth-order valence-corrected chi connectivity index (χ4v) is 4.88. The van der Waals surface area contributed by atoms with Gasteiger partial charge in [0.25, 0.3) is 5.97 Å². The van der Waals surface area contributed by atoms with Crippen LogP contribution in [0.2, 0.25) is 19.6 Å². The Morgan fingerprint density at radius 2 is 0.767 bits per heavy atom. The number of hydrogen-bond donors (Lipinski definition) is 0. The van der Waals surface area contributed by atoms with Crippen molar-refractivity contribution in [3.8, 4) is 0 Å². The zero-order valence-electron chi connectivity index (χ0n) is 21.4. The Bertz CT molecular complexity index is 362. The normalized spacial score (nSPS) is 11.7. The standard InChI is InChI=1S/C27H56O2Si/c1-5-6-7-8-9-10-11-12-13-14-15-16-17-18-19-20-21-22-23-24-25-26-27(28)29-30(2,3)4/h5-26H2,1-4H3. The summed E-state index contributed by atoms with van der Waals surface area (Å²) >= 11 is 0. The summed E-state index contributed by atoms with van der Waals surface area (Å²) in [5.74, 6) is 0.0203. The average molecular weight is 441 g/mol. The molecule has 0 atom stereocenters. The molecule has 30 heavy (non-hydrogen) atoms. The molecule has 3 heteroatoms. The van der Waals surface area contributed by atoms with E-state index in [9.17, 15) is 4.79 Å². The van der Waals surface area contributed by atoms with Gasteiger partial charge in [-0.15, -0.1) is 0 Å². The molecule has 2 nitrogen and oxygen atoms in total. The van der Waals surface area contributed by atoms with E-state index >= 15 is 0 Å². The third kappa shape index (κ3) is 25.7. The predicted molar refractivity (Wildman–Crippen MR) is 137 cm³/mol. The van der Waals surface area contributed by atoms with Crippen LogP contribution in [0.4, 0.5) is 0 Å². The smallest absolute Gasteiger partial charge is 0.292 e. The number of carbonyl (C=O) groups is 1. The van der Waals surface area contributed by atoms with Crippen LogP contribution in [0, 0.1) is 0 Å². The van der Waals surface area contributed by atoms with Crippen LogP contribution in [-0.2, 0) is 9.22 Å². The van der Waals surface area contributed by atoms with Crippen molar-refractivity contribution >= 4 is 14.3 Å². The molecule has 0 aromatic rings. The van der Waals surface area contributed by atoms with Gasteiger partial charge in [0, 0.05) is 6.42 Å². The van der Waals surface area contributed by atoms with Gasteiger partial charge >= 0.3 is 0 Å². The first-order valence-corrected chi connectivity index (χ1v) is 17.1. The molecule has 0 heterocycles. The molecule has 0 saturated heterocycles. The lowest BCUT2D eigenvalue weighted by atomic mass is 10.0. The minimum absolute atomic E-state index is 0.0203. The van der Waals surface area contributed by atoms with Crippen molar-refractivity contribution in [1.82, 2.24) is 0 Å². The Morgan fingerprint density at radius 3 is 1.03 bits per heavy atom. The van der Waals surface area contributed by atoms with E-state index in [2.05, 4.69) is 26.6 Å². The second-order valence-corrected chi connectivity index (χ2v) is 14.8. The van der Waals surface area contributed by atoms with E-state index in [0.717, 1.165) is 6.42 Å². The molecule has 0 aliphatic rings.